The number of rotatable bonds is 5. The van der Waals surface area contributed by atoms with E-state index in [1.165, 1.54) is 0 Å². The van der Waals surface area contributed by atoms with E-state index in [9.17, 15) is 5.11 Å². The third kappa shape index (κ3) is 3.44. The molecule has 0 aliphatic heterocycles. The van der Waals surface area contributed by atoms with Crippen LogP contribution in [0.2, 0.25) is 0 Å². The van der Waals surface area contributed by atoms with Gasteiger partial charge in [0.25, 0.3) is 0 Å². The fraction of sp³-hybridized carbons (Fsp3) is 0.214. The summed E-state index contributed by atoms with van der Waals surface area (Å²) < 4.78 is 3.06. The smallest absolute Gasteiger partial charge is 0.193 e. The van der Waals surface area contributed by atoms with Crippen LogP contribution in [-0.2, 0) is 6.42 Å². The molecule has 0 aliphatic rings. The van der Waals surface area contributed by atoms with Gasteiger partial charge in [-0.2, -0.15) is 0 Å². The number of hydrogen-bond acceptors (Lipinski definition) is 4. The van der Waals surface area contributed by atoms with E-state index in [1.54, 1.807) is 23.1 Å². The minimum absolute atomic E-state index is 0.386. The summed E-state index contributed by atoms with van der Waals surface area (Å²) in [7, 11) is 0. The summed E-state index contributed by atoms with van der Waals surface area (Å²) in [6, 6.07) is 8.11. The van der Waals surface area contributed by atoms with E-state index < -0.39 is 0 Å². The molecule has 1 aromatic carbocycles. The zero-order valence-corrected chi connectivity index (χ0v) is 13.8. The lowest BCUT2D eigenvalue weighted by atomic mass is 10.2. The number of aliphatic hydroxyl groups is 1. The van der Waals surface area contributed by atoms with Crippen LogP contribution >= 0.6 is 39.0 Å². The fourth-order valence-electron chi connectivity index (χ4n) is 1.92. The monoisotopic (exact) mass is 368 g/mol. The van der Waals surface area contributed by atoms with Crippen molar-refractivity contribution in [2.45, 2.75) is 17.4 Å². The zero-order valence-electron chi connectivity index (χ0n) is 10.6. The second-order valence-electron chi connectivity index (χ2n) is 4.45. The Hall–Kier alpha value is -0.820. The van der Waals surface area contributed by atoms with E-state index in [0.717, 1.165) is 20.0 Å². The van der Waals surface area contributed by atoms with Crippen LogP contribution in [0.15, 0.2) is 51.4 Å². The largest absolute Gasteiger partial charge is 0.392 e. The molecular formula is C14H13BrN2OS2. The van der Waals surface area contributed by atoms with Crippen molar-refractivity contribution in [3.8, 4) is 0 Å². The van der Waals surface area contributed by atoms with Gasteiger partial charge in [-0.05, 0) is 18.2 Å². The van der Waals surface area contributed by atoms with Crippen molar-refractivity contribution in [1.82, 2.24) is 9.38 Å². The summed E-state index contributed by atoms with van der Waals surface area (Å²) in [6.07, 6.45) is 4.18. The van der Waals surface area contributed by atoms with Gasteiger partial charge in [0.2, 0.25) is 0 Å². The maximum absolute atomic E-state index is 10.1. The molecule has 0 amide bonds. The highest BCUT2D eigenvalue weighted by Gasteiger charge is 2.10. The van der Waals surface area contributed by atoms with Crippen molar-refractivity contribution in [3.63, 3.8) is 0 Å². The molecule has 2 aromatic heterocycles. The first-order chi connectivity index (χ1) is 9.70. The average molecular weight is 369 g/mol. The first-order valence-electron chi connectivity index (χ1n) is 6.18. The highest BCUT2D eigenvalue weighted by atomic mass is 79.9. The van der Waals surface area contributed by atoms with Crippen LogP contribution in [0.3, 0.4) is 0 Å². The topological polar surface area (TPSA) is 37.5 Å². The fourth-order valence-corrected chi connectivity index (χ4v) is 4.08. The summed E-state index contributed by atoms with van der Waals surface area (Å²) in [5, 5.41) is 12.1. The molecule has 0 bridgehead atoms. The Morgan fingerprint density at radius 2 is 2.35 bits per heavy atom. The van der Waals surface area contributed by atoms with Crippen LogP contribution in [0, 0.1) is 0 Å². The Morgan fingerprint density at radius 3 is 3.15 bits per heavy atom. The van der Waals surface area contributed by atoms with E-state index in [4.69, 9.17) is 0 Å². The lowest BCUT2D eigenvalue weighted by Crippen LogP contribution is -2.13. The van der Waals surface area contributed by atoms with E-state index in [1.807, 2.05) is 34.3 Å². The van der Waals surface area contributed by atoms with Gasteiger partial charge in [-0.1, -0.05) is 22.0 Å². The van der Waals surface area contributed by atoms with Crippen LogP contribution in [0.5, 0.6) is 0 Å². The SMILES string of the molecule is OC(CSc1cccc(Br)c1)Cc1cn2ccsc2n1. The van der Waals surface area contributed by atoms with Crippen LogP contribution in [-0.4, -0.2) is 26.3 Å². The number of aliphatic hydroxyl groups excluding tert-OH is 1. The molecule has 0 spiro atoms. The van der Waals surface area contributed by atoms with Gasteiger partial charge < -0.3 is 5.11 Å². The summed E-state index contributed by atoms with van der Waals surface area (Å²) in [6.45, 7) is 0. The number of thioether (sulfide) groups is 1. The first kappa shape index (κ1) is 14.1. The predicted octanol–water partition coefficient (Wildman–Crippen LogP) is 3.85. The summed E-state index contributed by atoms with van der Waals surface area (Å²) in [5.74, 6) is 0.668. The van der Waals surface area contributed by atoms with Gasteiger partial charge in [-0.3, -0.25) is 4.40 Å². The van der Waals surface area contributed by atoms with E-state index in [0.29, 0.717) is 12.2 Å². The molecule has 0 aliphatic carbocycles. The number of fused-ring (bicyclic) bond motifs is 1. The van der Waals surface area contributed by atoms with Gasteiger partial charge in [0, 0.05) is 39.3 Å². The van der Waals surface area contributed by atoms with Crippen molar-refractivity contribution in [2.24, 2.45) is 0 Å². The number of nitrogens with zero attached hydrogens (tertiary/aromatic N) is 2. The molecule has 3 aromatic rings. The minimum atomic E-state index is -0.386. The van der Waals surface area contributed by atoms with Crippen LogP contribution in [0.1, 0.15) is 5.69 Å². The van der Waals surface area contributed by atoms with Crippen LogP contribution in [0.25, 0.3) is 4.96 Å². The lowest BCUT2D eigenvalue weighted by Gasteiger charge is -2.08. The highest BCUT2D eigenvalue weighted by molar-refractivity contribution is 9.10. The van der Waals surface area contributed by atoms with Crippen molar-refractivity contribution in [3.05, 3.63) is 52.2 Å². The minimum Gasteiger partial charge on any atom is -0.392 e. The predicted molar refractivity (Wildman–Crippen MR) is 87.6 cm³/mol. The third-order valence-corrected chi connectivity index (χ3v) is 5.23. The number of benzene rings is 1. The molecule has 0 fully saturated rings. The van der Waals surface area contributed by atoms with Gasteiger partial charge in [-0.15, -0.1) is 23.1 Å². The van der Waals surface area contributed by atoms with Crippen molar-refractivity contribution in [2.75, 3.05) is 5.75 Å². The van der Waals surface area contributed by atoms with Crippen molar-refractivity contribution >= 4 is 44.0 Å². The Labute approximate surface area is 133 Å². The van der Waals surface area contributed by atoms with E-state index in [-0.39, 0.29) is 6.10 Å². The van der Waals surface area contributed by atoms with Gasteiger partial charge >= 0.3 is 0 Å². The Kier molecular flexibility index (Phi) is 4.45. The second kappa shape index (κ2) is 6.30. The molecule has 1 unspecified atom stereocenters. The number of thiazole rings is 1. The van der Waals surface area contributed by atoms with Gasteiger partial charge in [-0.25, -0.2) is 4.98 Å². The van der Waals surface area contributed by atoms with Gasteiger partial charge in [0.05, 0.1) is 11.8 Å². The molecule has 0 saturated heterocycles. The number of imidazole rings is 1. The Morgan fingerprint density at radius 1 is 1.45 bits per heavy atom. The summed E-state index contributed by atoms with van der Waals surface area (Å²) in [5.41, 5.74) is 0.944. The number of aromatic nitrogens is 2. The lowest BCUT2D eigenvalue weighted by molar-refractivity contribution is 0.199. The Bertz CT molecular complexity index is 681. The quantitative estimate of drug-likeness (QED) is 0.694. The molecule has 3 nitrogen and oxygen atoms in total. The zero-order chi connectivity index (χ0) is 13.9. The molecule has 1 N–H and O–H groups in total. The number of hydrogen-bond donors (Lipinski definition) is 1. The van der Waals surface area contributed by atoms with E-state index >= 15 is 0 Å². The number of halogens is 1. The highest BCUT2D eigenvalue weighted by Crippen LogP contribution is 2.23. The van der Waals surface area contributed by atoms with Crippen molar-refractivity contribution < 1.29 is 5.11 Å². The van der Waals surface area contributed by atoms with E-state index in [2.05, 4.69) is 33.0 Å². The molecule has 104 valence electrons. The second-order valence-corrected chi connectivity index (χ2v) is 7.33. The Balaban J connectivity index is 1.57. The third-order valence-electron chi connectivity index (χ3n) is 2.83. The van der Waals surface area contributed by atoms with Crippen LogP contribution in [0.4, 0.5) is 0 Å². The van der Waals surface area contributed by atoms with Crippen LogP contribution < -0.4 is 0 Å². The summed E-state index contributed by atoms with van der Waals surface area (Å²) >= 11 is 6.72. The molecule has 6 heteroatoms. The molecule has 3 rings (SSSR count). The maximum atomic E-state index is 10.1. The van der Waals surface area contributed by atoms with Gasteiger partial charge in [0.1, 0.15) is 0 Å². The molecular weight excluding hydrogens is 356 g/mol. The average Bonchev–Trinajstić information content (AvgIpc) is 2.97. The first-order valence-corrected chi connectivity index (χ1v) is 8.84. The van der Waals surface area contributed by atoms with Gasteiger partial charge in [0.15, 0.2) is 4.96 Å². The summed E-state index contributed by atoms with van der Waals surface area (Å²) in [4.78, 5) is 6.62. The maximum Gasteiger partial charge on any atom is 0.193 e. The molecule has 0 radical (unpaired) electrons. The molecule has 1 atom stereocenters. The standard InChI is InChI=1S/C14H13BrN2OS2/c15-10-2-1-3-13(6-10)20-9-12(18)7-11-8-17-4-5-19-14(17)16-11/h1-6,8,12,18H,7,9H2. The van der Waals surface area contributed by atoms with Crippen molar-refractivity contribution in [1.29, 1.82) is 0 Å². The molecule has 0 saturated carbocycles. The molecule has 20 heavy (non-hydrogen) atoms. The normalized spacial score (nSPS) is 12.9. The molecule has 2 heterocycles.